The van der Waals surface area contributed by atoms with E-state index < -0.39 is 54.9 Å². The molecule has 2 aromatic rings. The SMILES string of the molecule is O=C1C[C@H](c2ccc(O)c(O)c2)Oc2cc(O[C@@H]3O[C@H](CO)[C@@H](O)[C@H](O)[C@H]3O)cc(O)c21. The summed E-state index contributed by atoms with van der Waals surface area (Å²) in [4.78, 5) is 12.6. The van der Waals surface area contributed by atoms with Crippen LogP contribution >= 0.6 is 0 Å². The number of aliphatic hydroxyl groups excluding tert-OH is 4. The van der Waals surface area contributed by atoms with E-state index in [1.165, 1.54) is 24.3 Å². The Morgan fingerprint density at radius 2 is 1.69 bits per heavy atom. The van der Waals surface area contributed by atoms with Gasteiger partial charge < -0.3 is 50.0 Å². The van der Waals surface area contributed by atoms with Gasteiger partial charge in [0.15, 0.2) is 17.3 Å². The standard InChI is InChI=1S/C21H22O11/c22-7-16-18(27)19(28)20(29)21(32-16)30-9-4-12(25)17-13(26)6-14(31-15(17)5-9)8-1-2-10(23)11(24)3-8/h1-5,14,16,18-25,27-29H,6-7H2/t14-,16-,18-,19+,20-,21-/m1/s1. The van der Waals surface area contributed by atoms with E-state index in [1.807, 2.05) is 0 Å². The highest BCUT2D eigenvalue weighted by Gasteiger charge is 2.45. The van der Waals surface area contributed by atoms with Gasteiger partial charge in [-0.3, -0.25) is 4.79 Å². The molecule has 6 atom stereocenters. The van der Waals surface area contributed by atoms with Crippen LogP contribution in [0.1, 0.15) is 28.4 Å². The first-order chi connectivity index (χ1) is 15.2. The van der Waals surface area contributed by atoms with Gasteiger partial charge in [-0.05, 0) is 17.7 Å². The van der Waals surface area contributed by atoms with Crippen LogP contribution in [0.4, 0.5) is 0 Å². The largest absolute Gasteiger partial charge is 0.507 e. The number of hydrogen-bond donors (Lipinski definition) is 7. The second-order valence-electron chi connectivity index (χ2n) is 7.61. The van der Waals surface area contributed by atoms with Gasteiger partial charge in [-0.1, -0.05) is 6.07 Å². The van der Waals surface area contributed by atoms with E-state index in [0.717, 1.165) is 6.07 Å². The number of fused-ring (bicyclic) bond motifs is 1. The molecule has 0 unspecified atom stereocenters. The number of hydrogen-bond acceptors (Lipinski definition) is 11. The normalized spacial score (nSPS) is 29.8. The van der Waals surface area contributed by atoms with Gasteiger partial charge in [0.05, 0.1) is 13.0 Å². The third kappa shape index (κ3) is 3.92. The van der Waals surface area contributed by atoms with Crippen LogP contribution in [-0.4, -0.2) is 78.8 Å². The number of aromatic hydroxyl groups is 3. The minimum Gasteiger partial charge on any atom is -0.507 e. The molecule has 4 rings (SSSR count). The number of ketones is 1. The summed E-state index contributed by atoms with van der Waals surface area (Å²) in [5, 5.41) is 68.8. The van der Waals surface area contributed by atoms with Crippen LogP contribution in [0.2, 0.25) is 0 Å². The maximum absolute atomic E-state index is 12.6. The molecule has 0 aliphatic carbocycles. The Morgan fingerprint density at radius 3 is 2.38 bits per heavy atom. The molecule has 11 heteroatoms. The summed E-state index contributed by atoms with van der Waals surface area (Å²) in [5.41, 5.74) is 0.337. The zero-order valence-electron chi connectivity index (χ0n) is 16.5. The fourth-order valence-electron chi connectivity index (χ4n) is 3.71. The van der Waals surface area contributed by atoms with Crippen LogP contribution in [0, 0.1) is 0 Å². The van der Waals surface area contributed by atoms with Crippen molar-refractivity contribution in [2.24, 2.45) is 0 Å². The predicted molar refractivity (Wildman–Crippen MR) is 105 cm³/mol. The molecule has 2 heterocycles. The Bertz CT molecular complexity index is 1020. The lowest BCUT2D eigenvalue weighted by atomic mass is 9.95. The van der Waals surface area contributed by atoms with Gasteiger partial charge in [-0.15, -0.1) is 0 Å². The van der Waals surface area contributed by atoms with E-state index in [0.29, 0.717) is 5.56 Å². The molecule has 0 amide bonds. The van der Waals surface area contributed by atoms with E-state index >= 15 is 0 Å². The molecule has 0 spiro atoms. The minimum absolute atomic E-state index is 0.0293. The lowest BCUT2D eigenvalue weighted by Crippen LogP contribution is -2.60. The van der Waals surface area contributed by atoms with Gasteiger partial charge in [0.2, 0.25) is 6.29 Å². The monoisotopic (exact) mass is 450 g/mol. The number of carbonyl (C=O) groups excluding carboxylic acids is 1. The van der Waals surface area contributed by atoms with Gasteiger partial charge in [0, 0.05) is 12.1 Å². The summed E-state index contributed by atoms with van der Waals surface area (Å²) in [7, 11) is 0. The molecule has 1 saturated heterocycles. The summed E-state index contributed by atoms with van der Waals surface area (Å²) in [5.74, 6) is -1.69. The number of carbonyl (C=O) groups is 1. The molecule has 0 radical (unpaired) electrons. The van der Waals surface area contributed by atoms with E-state index in [2.05, 4.69) is 0 Å². The highest BCUT2D eigenvalue weighted by atomic mass is 16.7. The van der Waals surface area contributed by atoms with Crippen molar-refractivity contribution in [1.29, 1.82) is 0 Å². The lowest BCUT2D eigenvalue weighted by molar-refractivity contribution is -0.277. The van der Waals surface area contributed by atoms with E-state index in [-0.39, 0.29) is 35.0 Å². The molecule has 11 nitrogen and oxygen atoms in total. The van der Waals surface area contributed by atoms with Crippen LogP contribution in [0.25, 0.3) is 0 Å². The maximum Gasteiger partial charge on any atom is 0.229 e. The second-order valence-corrected chi connectivity index (χ2v) is 7.61. The Kier molecular flexibility index (Phi) is 5.84. The Hall–Kier alpha value is -3.09. The predicted octanol–water partition coefficient (Wildman–Crippen LogP) is -0.311. The fourth-order valence-corrected chi connectivity index (χ4v) is 3.71. The van der Waals surface area contributed by atoms with Crippen molar-refractivity contribution < 1.29 is 54.8 Å². The topological polar surface area (TPSA) is 186 Å². The lowest BCUT2D eigenvalue weighted by Gasteiger charge is -2.39. The summed E-state index contributed by atoms with van der Waals surface area (Å²) in [6.07, 6.45) is -8.50. The van der Waals surface area contributed by atoms with Gasteiger partial charge in [-0.2, -0.15) is 0 Å². The molecular weight excluding hydrogens is 428 g/mol. The van der Waals surface area contributed by atoms with Crippen molar-refractivity contribution in [3.8, 4) is 28.7 Å². The minimum atomic E-state index is -1.67. The average Bonchev–Trinajstić information content (AvgIpc) is 2.75. The molecule has 172 valence electrons. The zero-order valence-corrected chi connectivity index (χ0v) is 16.5. The number of phenols is 3. The molecule has 7 N–H and O–H groups in total. The summed E-state index contributed by atoms with van der Waals surface area (Å²) in [6.45, 7) is -0.640. The number of rotatable bonds is 4. The number of phenolic OH excluding ortho intramolecular Hbond substituents is 3. The van der Waals surface area contributed by atoms with Crippen molar-refractivity contribution in [2.75, 3.05) is 6.61 Å². The van der Waals surface area contributed by atoms with Gasteiger partial charge in [-0.25, -0.2) is 0 Å². The van der Waals surface area contributed by atoms with Crippen molar-refractivity contribution in [1.82, 2.24) is 0 Å². The Labute approximate surface area is 181 Å². The van der Waals surface area contributed by atoms with Gasteiger partial charge in [0.25, 0.3) is 0 Å². The second kappa shape index (κ2) is 8.45. The number of ether oxygens (including phenoxy) is 3. The molecule has 2 aliphatic heterocycles. The Balaban J connectivity index is 1.60. The van der Waals surface area contributed by atoms with Crippen LogP contribution < -0.4 is 9.47 Å². The molecular formula is C21H22O11. The molecule has 1 fully saturated rings. The average molecular weight is 450 g/mol. The first kappa shape index (κ1) is 22.1. The summed E-state index contributed by atoms with van der Waals surface area (Å²) < 4.78 is 16.6. The Morgan fingerprint density at radius 1 is 0.938 bits per heavy atom. The molecule has 2 aliphatic rings. The molecule has 0 saturated carbocycles. The summed E-state index contributed by atoms with van der Waals surface area (Å²) in [6, 6.07) is 6.37. The van der Waals surface area contributed by atoms with Crippen molar-refractivity contribution in [3.05, 3.63) is 41.5 Å². The van der Waals surface area contributed by atoms with Crippen molar-refractivity contribution in [2.45, 2.75) is 43.2 Å². The van der Waals surface area contributed by atoms with E-state index in [4.69, 9.17) is 14.2 Å². The number of aliphatic hydroxyl groups is 4. The van der Waals surface area contributed by atoms with Gasteiger partial charge in [0.1, 0.15) is 53.3 Å². The third-order valence-corrected chi connectivity index (χ3v) is 5.45. The fraction of sp³-hybridized carbons (Fsp3) is 0.381. The summed E-state index contributed by atoms with van der Waals surface area (Å²) >= 11 is 0. The van der Waals surface area contributed by atoms with Gasteiger partial charge >= 0.3 is 0 Å². The first-order valence-corrected chi connectivity index (χ1v) is 9.75. The van der Waals surface area contributed by atoms with Crippen LogP contribution in [0.5, 0.6) is 28.7 Å². The van der Waals surface area contributed by atoms with Crippen LogP contribution in [0.15, 0.2) is 30.3 Å². The highest BCUT2D eigenvalue weighted by molar-refractivity contribution is 6.02. The van der Waals surface area contributed by atoms with E-state index in [9.17, 15) is 40.5 Å². The van der Waals surface area contributed by atoms with Crippen LogP contribution in [0.3, 0.4) is 0 Å². The van der Waals surface area contributed by atoms with Crippen molar-refractivity contribution in [3.63, 3.8) is 0 Å². The van der Waals surface area contributed by atoms with E-state index in [1.54, 1.807) is 0 Å². The molecule has 32 heavy (non-hydrogen) atoms. The third-order valence-electron chi connectivity index (χ3n) is 5.45. The highest BCUT2D eigenvalue weighted by Crippen LogP contribution is 2.43. The number of benzene rings is 2. The maximum atomic E-state index is 12.6. The molecule has 2 aromatic carbocycles. The first-order valence-electron chi connectivity index (χ1n) is 9.75. The zero-order chi connectivity index (χ0) is 23.2. The van der Waals surface area contributed by atoms with Crippen molar-refractivity contribution >= 4 is 5.78 Å². The molecule has 0 aromatic heterocycles. The quantitative estimate of drug-likeness (QED) is 0.303. The van der Waals surface area contributed by atoms with Crippen LogP contribution in [-0.2, 0) is 4.74 Å². The smallest absolute Gasteiger partial charge is 0.229 e. The molecule has 0 bridgehead atoms. The number of Topliss-reactive ketones (excluding diaryl/α,β-unsaturated/α-hetero) is 1.